The molecule has 0 amide bonds. The van der Waals surface area contributed by atoms with Crippen molar-refractivity contribution in [1.29, 1.82) is 0 Å². The van der Waals surface area contributed by atoms with Crippen LogP contribution in [0.25, 0.3) is 0 Å². The monoisotopic (exact) mass is 301 g/mol. The highest BCUT2D eigenvalue weighted by molar-refractivity contribution is 7.89. The fraction of sp³-hybridized carbons (Fsp3) is 0.462. The summed E-state index contributed by atoms with van der Waals surface area (Å²) in [4.78, 5) is 12.3. The van der Waals surface area contributed by atoms with Crippen molar-refractivity contribution in [3.05, 3.63) is 34.9 Å². The summed E-state index contributed by atoms with van der Waals surface area (Å²) >= 11 is 5.79. The summed E-state index contributed by atoms with van der Waals surface area (Å²) in [5, 5.41) is 0.600. The molecule has 0 bridgehead atoms. The third kappa shape index (κ3) is 3.55. The van der Waals surface area contributed by atoms with Crippen molar-refractivity contribution >= 4 is 27.4 Å². The molecule has 103 valence electrons. The molecule has 0 aliphatic carbocycles. The van der Waals surface area contributed by atoms with Gasteiger partial charge in [0.1, 0.15) is 13.1 Å². The van der Waals surface area contributed by atoms with Crippen molar-refractivity contribution in [2.75, 3.05) is 19.3 Å². The van der Waals surface area contributed by atoms with Gasteiger partial charge >= 0.3 is 10.0 Å². The van der Waals surface area contributed by atoms with Gasteiger partial charge in [-0.15, -0.1) is 0 Å². The molecule has 1 heterocycles. The van der Waals surface area contributed by atoms with Gasteiger partial charge in [-0.2, -0.15) is 8.42 Å². The summed E-state index contributed by atoms with van der Waals surface area (Å²) in [6.07, 6.45) is 2.36. The predicted molar refractivity (Wildman–Crippen MR) is 75.2 cm³/mol. The smallest absolute Gasteiger partial charge is 0.294 e. The Hall–Kier alpha value is -0.910. The van der Waals surface area contributed by atoms with E-state index in [2.05, 4.69) is 0 Å². The molecule has 0 aromatic heterocycles. The lowest BCUT2D eigenvalue weighted by molar-refractivity contribution is 0.0889. The number of Topliss-reactive ketones (excluding diaryl/α,β-unsaturated/α-hetero) is 1. The highest BCUT2D eigenvalue weighted by atomic mass is 35.5. The van der Waals surface area contributed by atoms with Gasteiger partial charge in [-0.3, -0.25) is 4.79 Å². The topological polar surface area (TPSA) is 57.1 Å². The number of halogens is 1. The van der Waals surface area contributed by atoms with Crippen LogP contribution in [0.4, 0.5) is 0 Å². The zero-order valence-corrected chi connectivity index (χ0v) is 12.2. The first-order valence-electron chi connectivity index (χ1n) is 6.13. The second kappa shape index (κ2) is 5.61. The number of ketones is 1. The summed E-state index contributed by atoms with van der Waals surface area (Å²) in [5.41, 5.74) is 0.641. The van der Waals surface area contributed by atoms with Crippen LogP contribution >= 0.6 is 11.6 Å². The molecule has 1 aliphatic rings. The Morgan fingerprint density at radius 1 is 1.21 bits per heavy atom. The molecule has 0 unspecified atom stereocenters. The second-order valence-corrected chi connectivity index (χ2v) is 7.23. The molecule has 19 heavy (non-hydrogen) atoms. The number of rotatable bonds is 3. The lowest BCUT2D eigenvalue weighted by Gasteiger charge is -2.21. The van der Waals surface area contributed by atoms with Gasteiger partial charge in [0.15, 0.2) is 5.78 Å². The lowest BCUT2D eigenvalue weighted by atomic mass is 9.90. The first-order chi connectivity index (χ1) is 8.88. The SMILES string of the molecule is CS(=O)(=O)[N+]1CCC(C(=O)c2ccc(Cl)cc2)CC1. The average molecular weight is 302 g/mol. The van der Waals surface area contributed by atoms with E-state index in [0.29, 0.717) is 36.5 Å². The molecule has 1 aromatic carbocycles. The molecule has 1 aliphatic heterocycles. The Bertz CT molecular complexity index is 560. The number of carbonyl (C=O) groups is 1. The van der Waals surface area contributed by atoms with Crippen LogP contribution in [0, 0.1) is 5.92 Å². The third-order valence-electron chi connectivity index (χ3n) is 3.42. The molecular formula is C13H16ClNO3S+. The van der Waals surface area contributed by atoms with E-state index in [1.54, 1.807) is 24.3 Å². The van der Waals surface area contributed by atoms with Crippen molar-refractivity contribution in [3.8, 4) is 0 Å². The van der Waals surface area contributed by atoms with Gasteiger partial charge in [-0.05, 0) is 24.3 Å². The molecule has 1 radical (unpaired) electrons. The highest BCUT2D eigenvalue weighted by Crippen LogP contribution is 2.22. The summed E-state index contributed by atoms with van der Waals surface area (Å²) in [7, 11) is -3.14. The van der Waals surface area contributed by atoms with E-state index in [4.69, 9.17) is 11.6 Å². The summed E-state index contributed by atoms with van der Waals surface area (Å²) < 4.78 is 24.2. The van der Waals surface area contributed by atoms with Crippen molar-refractivity contribution in [3.63, 3.8) is 0 Å². The van der Waals surface area contributed by atoms with Crippen LogP contribution in [0.15, 0.2) is 24.3 Å². The van der Waals surface area contributed by atoms with Crippen molar-refractivity contribution in [1.82, 2.24) is 4.31 Å². The first kappa shape index (κ1) is 14.5. The molecule has 0 spiro atoms. The molecule has 0 atom stereocenters. The van der Waals surface area contributed by atoms with E-state index in [-0.39, 0.29) is 11.7 Å². The first-order valence-corrected chi connectivity index (χ1v) is 8.35. The third-order valence-corrected chi connectivity index (χ3v) is 4.98. The van der Waals surface area contributed by atoms with Gasteiger partial charge in [0.2, 0.25) is 0 Å². The van der Waals surface area contributed by atoms with Crippen LogP contribution in [-0.4, -0.2) is 33.5 Å². The zero-order chi connectivity index (χ0) is 14.0. The summed E-state index contributed by atoms with van der Waals surface area (Å²) in [6, 6.07) is 6.82. The second-order valence-electron chi connectivity index (χ2n) is 4.81. The maximum atomic E-state index is 12.3. The lowest BCUT2D eigenvalue weighted by Crippen LogP contribution is -2.44. The molecule has 0 N–H and O–H groups in total. The van der Waals surface area contributed by atoms with E-state index in [1.807, 2.05) is 0 Å². The molecule has 1 saturated heterocycles. The maximum Gasteiger partial charge on any atom is 0.338 e. The van der Waals surface area contributed by atoms with Crippen LogP contribution in [0.1, 0.15) is 23.2 Å². The minimum Gasteiger partial charge on any atom is -0.294 e. The number of carbonyl (C=O) groups excluding carboxylic acids is 1. The largest absolute Gasteiger partial charge is 0.338 e. The van der Waals surface area contributed by atoms with Gasteiger partial charge in [0.05, 0.1) is 6.26 Å². The quantitative estimate of drug-likeness (QED) is 0.634. The molecule has 6 heteroatoms. The minimum absolute atomic E-state index is 0.0739. The zero-order valence-electron chi connectivity index (χ0n) is 10.7. The maximum absolute atomic E-state index is 12.3. The van der Waals surface area contributed by atoms with E-state index >= 15 is 0 Å². The van der Waals surface area contributed by atoms with E-state index < -0.39 is 10.0 Å². The number of hydrogen-bond donors (Lipinski definition) is 0. The molecule has 0 saturated carbocycles. The highest BCUT2D eigenvalue weighted by Gasteiger charge is 2.36. The van der Waals surface area contributed by atoms with E-state index in [9.17, 15) is 13.2 Å². The predicted octanol–water partition coefficient (Wildman–Crippen LogP) is 2.03. The Labute approximate surface area is 118 Å². The molecule has 1 aromatic rings. The number of hydrogen-bond acceptors (Lipinski definition) is 3. The van der Waals surface area contributed by atoms with Crippen LogP contribution in [0.2, 0.25) is 5.02 Å². The Kier molecular flexibility index (Phi) is 4.28. The number of nitrogens with zero attached hydrogens (tertiary/aromatic N) is 1. The summed E-state index contributed by atoms with van der Waals surface area (Å²) in [6.45, 7) is 0.839. The van der Waals surface area contributed by atoms with Crippen LogP contribution in [-0.2, 0) is 10.0 Å². The Balaban J connectivity index is 2.02. The number of sulfonamides is 1. The van der Waals surface area contributed by atoms with E-state index in [1.165, 1.54) is 10.6 Å². The Morgan fingerprint density at radius 2 is 1.74 bits per heavy atom. The fourth-order valence-corrected chi connectivity index (χ4v) is 3.30. The van der Waals surface area contributed by atoms with Crippen LogP contribution in [0.3, 0.4) is 0 Å². The standard InChI is InChI=1S/C13H16ClNO3S/c1-19(17,18)15-8-6-11(7-9-15)13(16)10-2-4-12(14)5-3-10/h2-5,11H,6-9H2,1H3/q+1. The van der Waals surface area contributed by atoms with Crippen LogP contribution < -0.4 is 4.31 Å². The minimum atomic E-state index is -3.14. The molecular weight excluding hydrogens is 286 g/mol. The van der Waals surface area contributed by atoms with Crippen molar-refractivity contribution in [2.24, 2.45) is 5.92 Å². The van der Waals surface area contributed by atoms with Gasteiger partial charge in [0.25, 0.3) is 0 Å². The fourth-order valence-electron chi connectivity index (χ4n) is 2.30. The van der Waals surface area contributed by atoms with Gasteiger partial charge in [-0.25, -0.2) is 0 Å². The van der Waals surface area contributed by atoms with Crippen LogP contribution in [0.5, 0.6) is 0 Å². The van der Waals surface area contributed by atoms with Crippen molar-refractivity contribution < 1.29 is 13.2 Å². The normalized spacial score (nSPS) is 18.4. The Morgan fingerprint density at radius 3 is 2.21 bits per heavy atom. The van der Waals surface area contributed by atoms with Gasteiger partial charge in [-0.1, -0.05) is 15.9 Å². The van der Waals surface area contributed by atoms with Gasteiger partial charge in [0, 0.05) is 29.3 Å². The summed E-state index contributed by atoms with van der Waals surface area (Å²) in [5.74, 6) is -0.0241. The van der Waals surface area contributed by atoms with Gasteiger partial charge < -0.3 is 0 Å². The molecule has 1 fully saturated rings. The number of benzene rings is 1. The van der Waals surface area contributed by atoms with Crippen molar-refractivity contribution in [2.45, 2.75) is 12.8 Å². The number of piperidine rings is 1. The molecule has 2 rings (SSSR count). The average Bonchev–Trinajstić information content (AvgIpc) is 2.38. The molecule has 4 nitrogen and oxygen atoms in total. The van der Waals surface area contributed by atoms with E-state index in [0.717, 1.165) is 0 Å².